The van der Waals surface area contributed by atoms with Gasteiger partial charge < -0.3 is 14.5 Å². The van der Waals surface area contributed by atoms with E-state index in [2.05, 4.69) is 10.3 Å². The molecule has 1 atom stereocenters. The van der Waals surface area contributed by atoms with Gasteiger partial charge in [-0.25, -0.2) is 4.98 Å². The van der Waals surface area contributed by atoms with Crippen molar-refractivity contribution in [3.63, 3.8) is 0 Å². The van der Waals surface area contributed by atoms with Crippen molar-refractivity contribution in [2.75, 3.05) is 13.2 Å². The Morgan fingerprint density at radius 1 is 1.63 bits per heavy atom. The number of aryl methyl sites for hydroxylation is 1. The van der Waals surface area contributed by atoms with Gasteiger partial charge in [0.2, 0.25) is 5.91 Å². The van der Waals surface area contributed by atoms with Crippen LogP contribution in [0.25, 0.3) is 5.65 Å². The molecule has 0 unspecified atom stereocenters. The predicted octanol–water partition coefficient (Wildman–Crippen LogP) is 1.30. The number of nitrogens with zero attached hydrogens (tertiary/aromatic N) is 2. The van der Waals surface area contributed by atoms with E-state index in [4.69, 9.17) is 4.74 Å². The van der Waals surface area contributed by atoms with Gasteiger partial charge in [-0.3, -0.25) is 4.79 Å². The van der Waals surface area contributed by atoms with Gasteiger partial charge in [-0.2, -0.15) is 0 Å². The zero-order valence-corrected chi connectivity index (χ0v) is 10.9. The number of carbonyl (C=O) groups excluding carboxylic acids is 1. The molecular formula is C14H17N3O2. The summed E-state index contributed by atoms with van der Waals surface area (Å²) in [6, 6.07) is 4.01. The summed E-state index contributed by atoms with van der Waals surface area (Å²) >= 11 is 0. The number of aromatic nitrogens is 2. The van der Waals surface area contributed by atoms with Crippen LogP contribution in [-0.2, 0) is 16.1 Å². The number of ether oxygens (including phenoxy) is 1. The van der Waals surface area contributed by atoms with Crippen molar-refractivity contribution in [2.45, 2.75) is 19.9 Å². The minimum atomic E-state index is 0.000853. The number of rotatable bonds is 3. The third kappa shape index (κ3) is 2.33. The van der Waals surface area contributed by atoms with Crippen LogP contribution in [0.3, 0.4) is 0 Å². The SMILES string of the molecule is Cc1cccn2c(CNC(=O)[C@H]3CCOC3)cnc12. The first-order valence-electron chi connectivity index (χ1n) is 6.52. The Morgan fingerprint density at radius 3 is 3.32 bits per heavy atom. The first kappa shape index (κ1) is 12.2. The molecule has 0 aromatic carbocycles. The fraction of sp³-hybridized carbons (Fsp3) is 0.429. The molecule has 3 rings (SSSR count). The van der Waals surface area contributed by atoms with Crippen LogP contribution >= 0.6 is 0 Å². The first-order valence-corrected chi connectivity index (χ1v) is 6.52. The van der Waals surface area contributed by atoms with Crippen molar-refractivity contribution in [3.8, 4) is 0 Å². The summed E-state index contributed by atoms with van der Waals surface area (Å²) in [5.41, 5.74) is 3.06. The maximum absolute atomic E-state index is 11.9. The molecule has 0 radical (unpaired) electrons. The Hall–Kier alpha value is -1.88. The van der Waals surface area contributed by atoms with Crippen LogP contribution in [0.1, 0.15) is 17.7 Å². The Bertz CT molecular complexity index is 600. The molecule has 5 nitrogen and oxygen atoms in total. The molecular weight excluding hydrogens is 242 g/mol. The lowest BCUT2D eigenvalue weighted by molar-refractivity contribution is -0.125. The summed E-state index contributed by atoms with van der Waals surface area (Å²) < 4.78 is 7.24. The summed E-state index contributed by atoms with van der Waals surface area (Å²) in [4.78, 5) is 16.3. The maximum atomic E-state index is 11.9. The normalized spacial score (nSPS) is 18.9. The van der Waals surface area contributed by atoms with Crippen LogP contribution in [0.4, 0.5) is 0 Å². The predicted molar refractivity (Wildman–Crippen MR) is 70.7 cm³/mol. The van der Waals surface area contributed by atoms with Crippen molar-refractivity contribution in [1.29, 1.82) is 0 Å². The van der Waals surface area contributed by atoms with Gasteiger partial charge in [0.05, 0.1) is 31.0 Å². The molecule has 1 N–H and O–H groups in total. The summed E-state index contributed by atoms with van der Waals surface area (Å²) in [5.74, 6) is 0.0704. The second kappa shape index (κ2) is 5.01. The average Bonchev–Trinajstić information content (AvgIpc) is 3.06. The van der Waals surface area contributed by atoms with E-state index in [1.54, 1.807) is 0 Å². The average molecular weight is 259 g/mol. The Kier molecular flexibility index (Phi) is 3.21. The van der Waals surface area contributed by atoms with Gasteiger partial charge in [-0.1, -0.05) is 6.07 Å². The smallest absolute Gasteiger partial charge is 0.225 e. The quantitative estimate of drug-likeness (QED) is 0.903. The molecule has 0 spiro atoms. The second-order valence-electron chi connectivity index (χ2n) is 4.91. The largest absolute Gasteiger partial charge is 0.381 e. The van der Waals surface area contributed by atoms with Crippen LogP contribution in [0.15, 0.2) is 24.5 Å². The number of fused-ring (bicyclic) bond motifs is 1. The molecule has 0 saturated carbocycles. The van der Waals surface area contributed by atoms with Crippen LogP contribution in [0, 0.1) is 12.8 Å². The summed E-state index contributed by atoms with van der Waals surface area (Å²) in [7, 11) is 0. The molecule has 3 heterocycles. The highest BCUT2D eigenvalue weighted by Crippen LogP contribution is 2.13. The highest BCUT2D eigenvalue weighted by molar-refractivity contribution is 5.78. The Labute approximate surface area is 111 Å². The minimum absolute atomic E-state index is 0.000853. The van der Waals surface area contributed by atoms with E-state index in [9.17, 15) is 4.79 Å². The highest BCUT2D eigenvalue weighted by atomic mass is 16.5. The molecule has 19 heavy (non-hydrogen) atoms. The molecule has 2 aromatic rings. The van der Waals surface area contributed by atoms with E-state index >= 15 is 0 Å². The molecule has 100 valence electrons. The maximum Gasteiger partial charge on any atom is 0.225 e. The number of pyridine rings is 1. The molecule has 1 fully saturated rings. The first-order chi connectivity index (χ1) is 9.25. The van der Waals surface area contributed by atoms with Gasteiger partial charge in [0.25, 0.3) is 0 Å². The van der Waals surface area contributed by atoms with Crippen molar-refractivity contribution in [2.24, 2.45) is 5.92 Å². The monoisotopic (exact) mass is 259 g/mol. The lowest BCUT2D eigenvalue weighted by Crippen LogP contribution is -2.30. The van der Waals surface area contributed by atoms with Crippen LogP contribution < -0.4 is 5.32 Å². The van der Waals surface area contributed by atoms with Crippen molar-refractivity contribution in [1.82, 2.24) is 14.7 Å². The molecule has 0 bridgehead atoms. The fourth-order valence-corrected chi connectivity index (χ4v) is 2.40. The topological polar surface area (TPSA) is 55.6 Å². The second-order valence-corrected chi connectivity index (χ2v) is 4.91. The van der Waals surface area contributed by atoms with E-state index in [0.29, 0.717) is 19.8 Å². The van der Waals surface area contributed by atoms with E-state index in [1.165, 1.54) is 0 Å². The van der Waals surface area contributed by atoms with Crippen molar-refractivity contribution in [3.05, 3.63) is 35.8 Å². The summed E-state index contributed by atoms with van der Waals surface area (Å²) in [6.45, 7) is 3.76. The number of hydrogen-bond acceptors (Lipinski definition) is 3. The molecule has 5 heteroatoms. The molecule has 0 aliphatic carbocycles. The van der Waals surface area contributed by atoms with Gasteiger partial charge in [-0.05, 0) is 25.0 Å². The number of imidazole rings is 1. The summed E-state index contributed by atoms with van der Waals surface area (Å²) in [6.07, 6.45) is 4.60. The number of hydrogen-bond donors (Lipinski definition) is 1. The van der Waals surface area contributed by atoms with E-state index in [1.807, 2.05) is 35.9 Å². The van der Waals surface area contributed by atoms with Gasteiger partial charge in [0, 0.05) is 12.8 Å². The van der Waals surface area contributed by atoms with Crippen LogP contribution in [0.5, 0.6) is 0 Å². The molecule has 1 amide bonds. The highest BCUT2D eigenvalue weighted by Gasteiger charge is 2.23. The lowest BCUT2D eigenvalue weighted by Gasteiger charge is -2.09. The standard InChI is InChI=1S/C14H17N3O2/c1-10-3-2-5-17-12(7-15-13(10)17)8-16-14(18)11-4-6-19-9-11/h2-3,5,7,11H,4,6,8-9H2,1H3,(H,16,18)/t11-/m0/s1. The van der Waals surface area contributed by atoms with E-state index < -0.39 is 0 Å². The zero-order chi connectivity index (χ0) is 13.2. The van der Waals surface area contributed by atoms with E-state index in [-0.39, 0.29) is 11.8 Å². The minimum Gasteiger partial charge on any atom is -0.381 e. The molecule has 1 aliphatic rings. The van der Waals surface area contributed by atoms with Crippen molar-refractivity contribution >= 4 is 11.6 Å². The van der Waals surface area contributed by atoms with Crippen LogP contribution in [0.2, 0.25) is 0 Å². The Morgan fingerprint density at radius 2 is 2.53 bits per heavy atom. The lowest BCUT2D eigenvalue weighted by atomic mass is 10.1. The molecule has 2 aromatic heterocycles. The third-order valence-electron chi connectivity index (χ3n) is 3.55. The van der Waals surface area contributed by atoms with Crippen molar-refractivity contribution < 1.29 is 9.53 Å². The Balaban J connectivity index is 1.71. The number of nitrogens with one attached hydrogen (secondary N) is 1. The van der Waals surface area contributed by atoms with Gasteiger partial charge in [0.1, 0.15) is 5.65 Å². The number of carbonyl (C=O) groups is 1. The molecule has 1 aliphatic heterocycles. The summed E-state index contributed by atoms with van der Waals surface area (Å²) in [5, 5.41) is 2.96. The van der Waals surface area contributed by atoms with Gasteiger partial charge >= 0.3 is 0 Å². The zero-order valence-electron chi connectivity index (χ0n) is 10.9. The third-order valence-corrected chi connectivity index (χ3v) is 3.55. The van der Waals surface area contributed by atoms with Gasteiger partial charge in [0.15, 0.2) is 0 Å². The van der Waals surface area contributed by atoms with Gasteiger partial charge in [-0.15, -0.1) is 0 Å². The fourth-order valence-electron chi connectivity index (χ4n) is 2.40. The van der Waals surface area contributed by atoms with E-state index in [0.717, 1.165) is 23.3 Å². The molecule has 1 saturated heterocycles. The van der Waals surface area contributed by atoms with Crippen LogP contribution in [-0.4, -0.2) is 28.5 Å². The number of amides is 1.